The van der Waals surface area contributed by atoms with Crippen LogP contribution in [-0.4, -0.2) is 39.9 Å². The number of H-pyrrole nitrogens is 1. The van der Waals surface area contributed by atoms with Gasteiger partial charge in [0.1, 0.15) is 6.10 Å². The van der Waals surface area contributed by atoms with Crippen LogP contribution in [0, 0.1) is 4.77 Å². The average Bonchev–Trinajstić information content (AvgIpc) is 3.15. The number of aromatic amines is 1. The Labute approximate surface area is 132 Å². The molecule has 1 aliphatic heterocycles. The van der Waals surface area contributed by atoms with E-state index >= 15 is 0 Å². The van der Waals surface area contributed by atoms with Gasteiger partial charge in [-0.15, -0.1) is 0 Å². The van der Waals surface area contributed by atoms with Crippen molar-refractivity contribution in [2.45, 2.75) is 18.9 Å². The maximum Gasteiger partial charge on any atom is 0.216 e. The summed E-state index contributed by atoms with van der Waals surface area (Å²) in [4.78, 5) is 0. The summed E-state index contributed by atoms with van der Waals surface area (Å²) >= 11 is 5.20. The summed E-state index contributed by atoms with van der Waals surface area (Å²) in [7, 11) is 1.50. The highest BCUT2D eigenvalue weighted by Gasteiger charge is 2.23. The number of nitrogens with zero attached hydrogens (tertiary/aromatic N) is 3. The van der Waals surface area contributed by atoms with E-state index in [9.17, 15) is 5.11 Å². The highest BCUT2D eigenvalue weighted by molar-refractivity contribution is 7.71. The van der Waals surface area contributed by atoms with Gasteiger partial charge in [-0.1, -0.05) is 0 Å². The predicted octanol–water partition coefficient (Wildman–Crippen LogP) is 2.39. The van der Waals surface area contributed by atoms with E-state index in [2.05, 4.69) is 15.3 Å². The molecule has 3 rings (SSSR count). The number of phenolic OH excluding ortho intramolecular Hbond substituents is 1. The molecule has 1 aliphatic rings. The molecule has 1 fully saturated rings. The first-order valence-corrected chi connectivity index (χ1v) is 7.30. The van der Waals surface area contributed by atoms with Crippen LogP contribution in [0.3, 0.4) is 0 Å². The van der Waals surface area contributed by atoms with Crippen molar-refractivity contribution in [3.63, 3.8) is 0 Å². The second-order valence-electron chi connectivity index (χ2n) is 4.88. The number of phenols is 1. The van der Waals surface area contributed by atoms with E-state index in [0.717, 1.165) is 25.0 Å². The van der Waals surface area contributed by atoms with Gasteiger partial charge in [0.05, 0.1) is 13.3 Å². The number of methoxy groups -OCH3 is 1. The molecule has 1 aromatic carbocycles. The number of nitrogens with one attached hydrogen (secondary N) is 1. The number of aromatic hydroxyl groups is 1. The summed E-state index contributed by atoms with van der Waals surface area (Å²) in [5.41, 5.74) is 0.722. The number of benzene rings is 1. The first-order valence-electron chi connectivity index (χ1n) is 6.89. The molecule has 8 heteroatoms. The Morgan fingerprint density at radius 3 is 3.14 bits per heavy atom. The SMILES string of the molecule is COc1ccc(/C=N\n2c([C@@H]3CCCO3)n[nH]c2=S)cc1O. The standard InChI is InChI=1S/C14H16N4O3S/c1-20-11-5-4-9(7-10(11)19)8-15-18-13(16-17-14(18)22)12-3-2-6-21-12/h4-5,7-8,12,19H,2-3,6H2,1H3,(H,17,22)/b15-8-/t12-/m0/s1. The summed E-state index contributed by atoms with van der Waals surface area (Å²) in [5.74, 6) is 1.13. The van der Waals surface area contributed by atoms with Gasteiger partial charge in [0.15, 0.2) is 17.3 Å². The average molecular weight is 320 g/mol. The zero-order valence-electron chi connectivity index (χ0n) is 12.0. The summed E-state index contributed by atoms with van der Waals surface area (Å²) in [6.45, 7) is 0.723. The molecule has 2 heterocycles. The Kier molecular flexibility index (Phi) is 4.21. The second kappa shape index (κ2) is 6.29. The molecule has 1 atom stereocenters. The Balaban J connectivity index is 1.88. The topological polar surface area (TPSA) is 84.7 Å². The Hall–Kier alpha value is -2.19. The van der Waals surface area contributed by atoms with E-state index in [1.807, 2.05) is 0 Å². The van der Waals surface area contributed by atoms with Crippen LogP contribution in [0.4, 0.5) is 0 Å². The third kappa shape index (κ3) is 2.88. The molecule has 0 spiro atoms. The zero-order valence-corrected chi connectivity index (χ0v) is 12.8. The maximum absolute atomic E-state index is 9.78. The minimum absolute atomic E-state index is 0.0570. The van der Waals surface area contributed by atoms with Crippen molar-refractivity contribution in [3.05, 3.63) is 34.4 Å². The normalized spacial score (nSPS) is 18.1. The highest BCUT2D eigenvalue weighted by atomic mass is 32.1. The fourth-order valence-corrected chi connectivity index (χ4v) is 2.50. The third-order valence-electron chi connectivity index (χ3n) is 3.42. The number of rotatable bonds is 4. The molecule has 116 valence electrons. The quantitative estimate of drug-likeness (QED) is 0.667. The molecule has 0 amide bonds. The number of aromatic nitrogens is 3. The maximum atomic E-state index is 9.78. The van der Waals surface area contributed by atoms with E-state index in [1.165, 1.54) is 7.11 Å². The van der Waals surface area contributed by atoms with Crippen LogP contribution in [0.2, 0.25) is 0 Å². The summed E-state index contributed by atoms with van der Waals surface area (Å²) in [6.07, 6.45) is 3.41. The van der Waals surface area contributed by atoms with Gasteiger partial charge in [0.2, 0.25) is 4.77 Å². The lowest BCUT2D eigenvalue weighted by atomic mass is 10.2. The first-order chi connectivity index (χ1) is 10.7. The fraction of sp³-hybridized carbons (Fsp3) is 0.357. The van der Waals surface area contributed by atoms with E-state index < -0.39 is 0 Å². The predicted molar refractivity (Wildman–Crippen MR) is 83.0 cm³/mol. The van der Waals surface area contributed by atoms with Crippen LogP contribution in [-0.2, 0) is 4.74 Å². The molecule has 0 radical (unpaired) electrons. The molecular weight excluding hydrogens is 304 g/mol. The van der Waals surface area contributed by atoms with Gasteiger partial charge in [-0.3, -0.25) is 5.10 Å². The molecule has 2 aromatic rings. The largest absolute Gasteiger partial charge is 0.504 e. The molecule has 0 bridgehead atoms. The van der Waals surface area contributed by atoms with Crippen LogP contribution in [0.15, 0.2) is 23.3 Å². The Morgan fingerprint density at radius 2 is 2.45 bits per heavy atom. The van der Waals surface area contributed by atoms with Crippen LogP contribution in [0.1, 0.15) is 30.3 Å². The Bertz CT molecular complexity index is 747. The molecule has 0 aliphatic carbocycles. The van der Waals surface area contributed by atoms with Crippen molar-refractivity contribution in [3.8, 4) is 11.5 Å². The lowest BCUT2D eigenvalue weighted by Crippen LogP contribution is -2.05. The lowest BCUT2D eigenvalue weighted by Gasteiger charge is -2.07. The molecule has 1 saturated heterocycles. The van der Waals surface area contributed by atoms with Crippen molar-refractivity contribution >= 4 is 18.4 Å². The summed E-state index contributed by atoms with van der Waals surface area (Å²) in [6, 6.07) is 5.03. The second-order valence-corrected chi connectivity index (χ2v) is 5.26. The van der Waals surface area contributed by atoms with Crippen molar-refractivity contribution in [1.29, 1.82) is 0 Å². The molecule has 0 saturated carbocycles. The Morgan fingerprint density at radius 1 is 1.59 bits per heavy atom. The molecule has 22 heavy (non-hydrogen) atoms. The van der Waals surface area contributed by atoms with E-state index in [-0.39, 0.29) is 11.9 Å². The molecule has 0 unspecified atom stereocenters. The fourth-order valence-electron chi connectivity index (χ4n) is 2.32. The molecular formula is C14H16N4O3S. The first kappa shape index (κ1) is 14.7. The van der Waals surface area contributed by atoms with Gasteiger partial charge in [0, 0.05) is 6.61 Å². The van der Waals surface area contributed by atoms with Crippen molar-refractivity contribution in [2.24, 2.45) is 5.10 Å². The molecule has 2 N–H and O–H groups in total. The van der Waals surface area contributed by atoms with E-state index in [1.54, 1.807) is 29.1 Å². The van der Waals surface area contributed by atoms with Crippen LogP contribution in [0.5, 0.6) is 11.5 Å². The minimum atomic E-state index is -0.0885. The van der Waals surface area contributed by atoms with Gasteiger partial charge >= 0.3 is 0 Å². The summed E-state index contributed by atoms with van der Waals surface area (Å²) in [5, 5.41) is 21.0. The molecule has 7 nitrogen and oxygen atoms in total. The van der Waals surface area contributed by atoms with Crippen LogP contribution in [0.25, 0.3) is 0 Å². The van der Waals surface area contributed by atoms with Crippen molar-refractivity contribution in [2.75, 3.05) is 13.7 Å². The number of hydrogen-bond donors (Lipinski definition) is 2. The van der Waals surface area contributed by atoms with Crippen LogP contribution < -0.4 is 4.74 Å². The monoisotopic (exact) mass is 320 g/mol. The lowest BCUT2D eigenvalue weighted by molar-refractivity contribution is 0.102. The van der Waals surface area contributed by atoms with Gasteiger partial charge in [-0.05, 0) is 48.8 Å². The molecule has 1 aromatic heterocycles. The zero-order chi connectivity index (χ0) is 15.5. The third-order valence-corrected chi connectivity index (χ3v) is 3.68. The van der Waals surface area contributed by atoms with Gasteiger partial charge < -0.3 is 14.6 Å². The van der Waals surface area contributed by atoms with Gasteiger partial charge in [0.25, 0.3) is 0 Å². The van der Waals surface area contributed by atoms with Crippen LogP contribution >= 0.6 is 12.2 Å². The van der Waals surface area contributed by atoms with Gasteiger partial charge in [-0.2, -0.15) is 14.9 Å². The number of ether oxygens (including phenoxy) is 2. The number of hydrogen-bond acceptors (Lipinski definition) is 6. The minimum Gasteiger partial charge on any atom is -0.504 e. The summed E-state index contributed by atoms with van der Waals surface area (Å²) < 4.78 is 12.6. The van der Waals surface area contributed by atoms with E-state index in [0.29, 0.717) is 16.3 Å². The smallest absolute Gasteiger partial charge is 0.216 e. The van der Waals surface area contributed by atoms with Gasteiger partial charge in [-0.25, -0.2) is 0 Å². The van der Waals surface area contributed by atoms with Crippen molar-refractivity contribution < 1.29 is 14.6 Å². The van der Waals surface area contributed by atoms with Crippen molar-refractivity contribution in [1.82, 2.24) is 14.9 Å². The van der Waals surface area contributed by atoms with E-state index in [4.69, 9.17) is 21.7 Å². The highest BCUT2D eigenvalue weighted by Crippen LogP contribution is 2.27.